The fourth-order valence-corrected chi connectivity index (χ4v) is 0.679. The van der Waals surface area contributed by atoms with Gasteiger partial charge in [0, 0.05) is 6.54 Å². The van der Waals surface area contributed by atoms with E-state index in [0.717, 1.165) is 19.5 Å². The van der Waals surface area contributed by atoms with Gasteiger partial charge in [0.15, 0.2) is 3.79 Å². The lowest BCUT2D eigenvalue weighted by molar-refractivity contribution is -0.116. The Kier molecular flexibility index (Phi) is 11.7. The molecule has 3 nitrogen and oxygen atoms in total. The van der Waals surface area contributed by atoms with E-state index in [9.17, 15) is 4.79 Å². The van der Waals surface area contributed by atoms with Gasteiger partial charge in [-0.1, -0.05) is 41.4 Å². The molecule has 0 spiro atoms. The molecule has 0 rings (SSSR count). The summed E-state index contributed by atoms with van der Waals surface area (Å²) in [5.74, 6) is -0.0937. The second-order valence-corrected chi connectivity index (χ2v) is 6.28. The van der Waals surface area contributed by atoms with Crippen LogP contribution in [0, 0.1) is 0 Å². The standard InChI is InChI=1S/C8H16N2O.C2H3Cl3/c1-4-8(11)9-6-5-7-10(2)3;1-2(3,4)5/h4H,1,5-7H2,2-3H3,(H,9,11);1H3. The summed E-state index contributed by atoms with van der Waals surface area (Å²) in [7, 11) is 4.02. The SMILES string of the molecule is C=CC(=O)NCCCN(C)C.CC(Cl)(Cl)Cl. The quantitative estimate of drug-likeness (QED) is 0.479. The lowest BCUT2D eigenvalue weighted by Gasteiger charge is -2.08. The Labute approximate surface area is 113 Å². The molecule has 0 aromatic rings. The van der Waals surface area contributed by atoms with Crippen molar-refractivity contribution in [3.8, 4) is 0 Å². The van der Waals surface area contributed by atoms with Crippen LogP contribution in [0.15, 0.2) is 12.7 Å². The molecule has 1 N–H and O–H groups in total. The van der Waals surface area contributed by atoms with E-state index in [1.54, 1.807) is 0 Å². The summed E-state index contributed by atoms with van der Waals surface area (Å²) in [5.41, 5.74) is 0. The number of hydrogen-bond acceptors (Lipinski definition) is 2. The largest absolute Gasteiger partial charge is 0.353 e. The number of amides is 1. The van der Waals surface area contributed by atoms with Crippen LogP contribution in [-0.2, 0) is 4.79 Å². The van der Waals surface area contributed by atoms with E-state index >= 15 is 0 Å². The van der Waals surface area contributed by atoms with Gasteiger partial charge in [0.25, 0.3) is 0 Å². The molecule has 6 heteroatoms. The Morgan fingerprint density at radius 1 is 1.44 bits per heavy atom. The van der Waals surface area contributed by atoms with Crippen LogP contribution in [0.1, 0.15) is 13.3 Å². The van der Waals surface area contributed by atoms with Crippen LogP contribution in [0.25, 0.3) is 0 Å². The molecule has 0 saturated heterocycles. The molecule has 96 valence electrons. The zero-order valence-electron chi connectivity index (χ0n) is 9.90. The molecule has 1 amide bonds. The first-order chi connectivity index (χ1) is 7.16. The molecule has 0 aromatic heterocycles. The van der Waals surface area contributed by atoms with Crippen LogP contribution in [0.3, 0.4) is 0 Å². The second-order valence-electron chi connectivity index (χ2n) is 3.43. The van der Waals surface area contributed by atoms with Gasteiger partial charge in [0.05, 0.1) is 0 Å². The Hall–Kier alpha value is 0.0400. The van der Waals surface area contributed by atoms with E-state index in [1.165, 1.54) is 13.0 Å². The lowest BCUT2D eigenvalue weighted by atomic mass is 10.4. The number of hydrogen-bond donors (Lipinski definition) is 1. The average molecular weight is 290 g/mol. The molecule has 0 saturated carbocycles. The Bertz CT molecular complexity index is 197. The molecule has 0 aliphatic heterocycles. The van der Waals surface area contributed by atoms with E-state index in [2.05, 4.69) is 16.8 Å². The molecular weight excluding hydrogens is 270 g/mol. The van der Waals surface area contributed by atoms with Crippen LogP contribution >= 0.6 is 34.8 Å². The van der Waals surface area contributed by atoms with Crippen molar-refractivity contribution in [1.82, 2.24) is 10.2 Å². The molecule has 0 bridgehead atoms. The van der Waals surface area contributed by atoms with Crippen molar-refractivity contribution < 1.29 is 4.79 Å². The number of carbonyl (C=O) groups is 1. The van der Waals surface area contributed by atoms with Gasteiger partial charge in [-0.15, -0.1) is 0 Å². The van der Waals surface area contributed by atoms with Gasteiger partial charge in [-0.25, -0.2) is 0 Å². The van der Waals surface area contributed by atoms with Crippen molar-refractivity contribution >= 4 is 40.7 Å². The highest BCUT2D eigenvalue weighted by atomic mass is 35.6. The molecule has 0 atom stereocenters. The van der Waals surface area contributed by atoms with Crippen molar-refractivity contribution in [1.29, 1.82) is 0 Å². The number of nitrogens with zero attached hydrogens (tertiary/aromatic N) is 1. The summed E-state index contributed by atoms with van der Waals surface area (Å²) in [5, 5.41) is 2.70. The predicted octanol–water partition coefficient (Wildman–Crippen LogP) is 2.62. The molecule has 0 aromatic carbocycles. The molecule has 0 aliphatic rings. The molecule has 0 fully saturated rings. The third kappa shape index (κ3) is 29.2. The zero-order valence-corrected chi connectivity index (χ0v) is 12.2. The zero-order chi connectivity index (χ0) is 13.2. The average Bonchev–Trinajstić information content (AvgIpc) is 2.09. The monoisotopic (exact) mass is 288 g/mol. The molecular formula is C10H19Cl3N2O. The first-order valence-electron chi connectivity index (χ1n) is 4.78. The Balaban J connectivity index is 0. The van der Waals surface area contributed by atoms with Gasteiger partial charge in [-0.3, -0.25) is 4.79 Å². The summed E-state index contributed by atoms with van der Waals surface area (Å²) in [4.78, 5) is 12.7. The maximum Gasteiger partial charge on any atom is 0.243 e. The van der Waals surface area contributed by atoms with Crippen LogP contribution < -0.4 is 5.32 Å². The minimum atomic E-state index is -1.08. The van der Waals surface area contributed by atoms with E-state index in [1.807, 2.05) is 14.1 Å². The second kappa shape index (κ2) is 10.2. The summed E-state index contributed by atoms with van der Waals surface area (Å²) in [6.45, 7) is 6.56. The van der Waals surface area contributed by atoms with Crippen molar-refractivity contribution in [2.45, 2.75) is 17.1 Å². The van der Waals surface area contributed by atoms with Gasteiger partial charge in [-0.05, 0) is 40.1 Å². The van der Waals surface area contributed by atoms with E-state index in [-0.39, 0.29) is 5.91 Å². The third-order valence-electron chi connectivity index (χ3n) is 1.27. The van der Waals surface area contributed by atoms with Gasteiger partial charge in [0.1, 0.15) is 0 Å². The van der Waals surface area contributed by atoms with E-state index in [0.29, 0.717) is 0 Å². The number of halogens is 3. The molecule has 0 heterocycles. The summed E-state index contributed by atoms with van der Waals surface area (Å²) < 4.78 is -1.08. The summed E-state index contributed by atoms with van der Waals surface area (Å²) in [6.07, 6.45) is 2.27. The summed E-state index contributed by atoms with van der Waals surface area (Å²) in [6, 6.07) is 0. The highest BCUT2D eigenvalue weighted by molar-refractivity contribution is 6.67. The van der Waals surface area contributed by atoms with E-state index < -0.39 is 3.79 Å². The molecule has 0 aliphatic carbocycles. The van der Waals surface area contributed by atoms with Crippen LogP contribution in [0.2, 0.25) is 0 Å². The van der Waals surface area contributed by atoms with Crippen molar-refractivity contribution in [2.75, 3.05) is 27.2 Å². The van der Waals surface area contributed by atoms with Crippen LogP contribution in [0.5, 0.6) is 0 Å². The minimum absolute atomic E-state index is 0.0937. The normalized spacial score (nSPS) is 10.4. The lowest BCUT2D eigenvalue weighted by Crippen LogP contribution is -2.25. The number of alkyl halides is 3. The first kappa shape index (κ1) is 18.4. The molecule has 0 unspecified atom stereocenters. The number of carbonyl (C=O) groups excluding carboxylic acids is 1. The fourth-order valence-electron chi connectivity index (χ4n) is 0.679. The molecule has 16 heavy (non-hydrogen) atoms. The minimum Gasteiger partial charge on any atom is -0.353 e. The van der Waals surface area contributed by atoms with Crippen molar-refractivity contribution in [3.05, 3.63) is 12.7 Å². The van der Waals surface area contributed by atoms with E-state index in [4.69, 9.17) is 34.8 Å². The summed E-state index contributed by atoms with van der Waals surface area (Å²) >= 11 is 15.2. The van der Waals surface area contributed by atoms with Gasteiger partial charge < -0.3 is 10.2 Å². The maximum absolute atomic E-state index is 10.6. The maximum atomic E-state index is 10.6. The Morgan fingerprint density at radius 2 is 1.88 bits per heavy atom. The fraction of sp³-hybridized carbons (Fsp3) is 0.700. The topological polar surface area (TPSA) is 32.3 Å². The van der Waals surface area contributed by atoms with Gasteiger partial charge in [0.2, 0.25) is 5.91 Å². The van der Waals surface area contributed by atoms with Crippen molar-refractivity contribution in [3.63, 3.8) is 0 Å². The van der Waals surface area contributed by atoms with Crippen molar-refractivity contribution in [2.24, 2.45) is 0 Å². The Morgan fingerprint density at radius 3 is 2.19 bits per heavy atom. The number of nitrogens with one attached hydrogen (secondary N) is 1. The highest BCUT2D eigenvalue weighted by Gasteiger charge is 2.07. The third-order valence-corrected chi connectivity index (χ3v) is 1.27. The highest BCUT2D eigenvalue weighted by Crippen LogP contribution is 2.23. The van der Waals surface area contributed by atoms with Crippen LogP contribution in [0.4, 0.5) is 0 Å². The first-order valence-corrected chi connectivity index (χ1v) is 5.92. The van der Waals surface area contributed by atoms with Crippen LogP contribution in [-0.4, -0.2) is 41.8 Å². The predicted molar refractivity (Wildman–Crippen MR) is 72.3 cm³/mol. The number of rotatable bonds is 5. The van der Waals surface area contributed by atoms with Gasteiger partial charge >= 0.3 is 0 Å². The molecule has 0 radical (unpaired) electrons. The van der Waals surface area contributed by atoms with Gasteiger partial charge in [-0.2, -0.15) is 0 Å². The smallest absolute Gasteiger partial charge is 0.243 e.